The van der Waals surface area contributed by atoms with Crippen molar-refractivity contribution in [2.45, 2.75) is 45.6 Å². The second kappa shape index (κ2) is 8.23. The molecule has 0 radical (unpaired) electrons. The lowest BCUT2D eigenvalue weighted by atomic mass is 9.97. The van der Waals surface area contributed by atoms with Crippen molar-refractivity contribution >= 4 is 33.4 Å². The lowest BCUT2D eigenvalue weighted by molar-refractivity contribution is -0.123. The molecule has 156 valence electrons. The van der Waals surface area contributed by atoms with Crippen LogP contribution in [0.4, 0.5) is 0 Å². The van der Waals surface area contributed by atoms with Gasteiger partial charge in [0.2, 0.25) is 5.91 Å². The molecule has 2 aromatic rings. The smallest absolute Gasteiger partial charge is 0.262 e. The first-order chi connectivity index (χ1) is 14.0. The summed E-state index contributed by atoms with van der Waals surface area (Å²) in [5.74, 6) is 0.391. The molecule has 2 aliphatic rings. The highest BCUT2D eigenvalue weighted by molar-refractivity contribution is 7.20. The normalized spacial score (nSPS) is 19.4. The van der Waals surface area contributed by atoms with Gasteiger partial charge in [-0.1, -0.05) is 0 Å². The molecular weight excluding hydrogens is 390 g/mol. The third-order valence-electron chi connectivity index (χ3n) is 5.96. The van der Waals surface area contributed by atoms with E-state index in [1.54, 1.807) is 4.57 Å². The van der Waals surface area contributed by atoms with E-state index in [1.165, 1.54) is 11.3 Å². The molecule has 0 spiro atoms. The lowest BCUT2D eigenvalue weighted by Gasteiger charge is -2.31. The maximum Gasteiger partial charge on any atom is 0.262 e. The van der Waals surface area contributed by atoms with Crippen LogP contribution in [0.3, 0.4) is 0 Å². The number of carbonyl (C=O) groups is 2. The van der Waals surface area contributed by atoms with Crippen LogP contribution in [0.2, 0.25) is 0 Å². The summed E-state index contributed by atoms with van der Waals surface area (Å²) < 4.78 is 1.74. The van der Waals surface area contributed by atoms with Gasteiger partial charge in [-0.15, -0.1) is 11.3 Å². The van der Waals surface area contributed by atoms with Crippen LogP contribution in [0, 0.1) is 12.8 Å². The van der Waals surface area contributed by atoms with Crippen molar-refractivity contribution < 1.29 is 9.59 Å². The number of aryl methyl sites for hydroxylation is 2. The van der Waals surface area contributed by atoms with Gasteiger partial charge in [0.15, 0.2) is 0 Å². The minimum absolute atomic E-state index is 0.0237. The number of hydrogen-bond acceptors (Lipinski definition) is 6. The van der Waals surface area contributed by atoms with E-state index in [9.17, 15) is 14.4 Å². The zero-order valence-corrected chi connectivity index (χ0v) is 17.5. The van der Waals surface area contributed by atoms with Crippen LogP contribution in [0.1, 0.15) is 46.7 Å². The summed E-state index contributed by atoms with van der Waals surface area (Å²) in [6.07, 6.45) is 4.41. The number of rotatable bonds is 6. The van der Waals surface area contributed by atoms with Crippen molar-refractivity contribution in [2.24, 2.45) is 11.7 Å². The molecule has 1 saturated heterocycles. The van der Waals surface area contributed by atoms with E-state index in [-0.39, 0.29) is 23.3 Å². The molecule has 0 aromatic carbocycles. The van der Waals surface area contributed by atoms with Gasteiger partial charge in [0.05, 0.1) is 16.2 Å². The number of aromatic nitrogens is 2. The van der Waals surface area contributed by atoms with Gasteiger partial charge < -0.3 is 16.0 Å². The van der Waals surface area contributed by atoms with Gasteiger partial charge in [-0.2, -0.15) is 0 Å². The zero-order chi connectivity index (χ0) is 20.5. The number of likely N-dealkylation sites (tertiary alicyclic amines) is 1. The minimum atomic E-state index is -0.223. The van der Waals surface area contributed by atoms with Crippen molar-refractivity contribution in [1.82, 2.24) is 19.8 Å². The van der Waals surface area contributed by atoms with E-state index in [1.807, 2.05) is 6.92 Å². The molecule has 3 N–H and O–H groups in total. The molecule has 0 bridgehead atoms. The molecule has 2 aromatic heterocycles. The Morgan fingerprint density at radius 2 is 2.14 bits per heavy atom. The lowest BCUT2D eigenvalue weighted by Crippen LogP contribution is -2.42. The minimum Gasteiger partial charge on any atom is -0.369 e. The summed E-state index contributed by atoms with van der Waals surface area (Å²) in [6, 6.07) is 0. The number of nitrogens with two attached hydrogens (primary N) is 1. The zero-order valence-electron chi connectivity index (χ0n) is 16.7. The maximum atomic E-state index is 12.7. The Labute approximate surface area is 173 Å². The molecule has 4 heterocycles. The fraction of sp³-hybridized carbons (Fsp3) is 0.600. The van der Waals surface area contributed by atoms with Gasteiger partial charge in [-0.05, 0) is 51.3 Å². The fourth-order valence-corrected chi connectivity index (χ4v) is 5.47. The molecule has 2 amide bonds. The number of carbonyl (C=O) groups excluding carboxylic acids is 2. The van der Waals surface area contributed by atoms with Crippen LogP contribution in [0.5, 0.6) is 0 Å². The highest BCUT2D eigenvalue weighted by Crippen LogP contribution is 2.28. The quantitative estimate of drug-likeness (QED) is 0.682. The number of fused-ring (bicyclic) bond motifs is 2. The Hall–Kier alpha value is -2.26. The highest BCUT2D eigenvalue weighted by atomic mass is 32.1. The van der Waals surface area contributed by atoms with Gasteiger partial charge in [-0.25, -0.2) is 4.98 Å². The van der Waals surface area contributed by atoms with Crippen LogP contribution in [0.25, 0.3) is 10.2 Å². The topological polar surface area (TPSA) is 110 Å². The van der Waals surface area contributed by atoms with Gasteiger partial charge >= 0.3 is 0 Å². The molecule has 8 nitrogen and oxygen atoms in total. The summed E-state index contributed by atoms with van der Waals surface area (Å²) >= 11 is 1.30. The van der Waals surface area contributed by atoms with Gasteiger partial charge in [0, 0.05) is 26.1 Å². The molecule has 2 aliphatic heterocycles. The second-order valence-corrected chi connectivity index (χ2v) is 8.98. The maximum absolute atomic E-state index is 12.7. The highest BCUT2D eigenvalue weighted by Gasteiger charge is 2.24. The molecule has 1 fully saturated rings. The summed E-state index contributed by atoms with van der Waals surface area (Å²) in [7, 11) is 0. The fourth-order valence-electron chi connectivity index (χ4n) is 4.37. The van der Waals surface area contributed by atoms with Gasteiger partial charge in [0.1, 0.15) is 10.7 Å². The Bertz CT molecular complexity index is 1010. The molecule has 1 unspecified atom stereocenters. The molecular formula is C20H27N5O3S. The molecule has 4 rings (SSSR count). The van der Waals surface area contributed by atoms with Crippen LogP contribution in [-0.4, -0.2) is 52.4 Å². The Balaban J connectivity index is 1.36. The summed E-state index contributed by atoms with van der Waals surface area (Å²) in [4.78, 5) is 44.9. The van der Waals surface area contributed by atoms with Crippen molar-refractivity contribution in [2.75, 3.05) is 26.2 Å². The predicted octanol–water partition coefficient (Wildman–Crippen LogP) is 1.03. The number of primary amides is 1. The van der Waals surface area contributed by atoms with E-state index < -0.39 is 0 Å². The van der Waals surface area contributed by atoms with E-state index in [2.05, 4.69) is 15.2 Å². The number of thiophene rings is 1. The number of amides is 2. The third-order valence-corrected chi connectivity index (χ3v) is 7.15. The van der Waals surface area contributed by atoms with Crippen molar-refractivity contribution in [3.63, 3.8) is 0 Å². The molecule has 29 heavy (non-hydrogen) atoms. The number of hydrogen-bond donors (Lipinski definition) is 2. The largest absolute Gasteiger partial charge is 0.369 e. The monoisotopic (exact) mass is 417 g/mol. The van der Waals surface area contributed by atoms with Gasteiger partial charge in [-0.3, -0.25) is 19.0 Å². The van der Waals surface area contributed by atoms with Crippen molar-refractivity contribution in [3.05, 3.63) is 26.6 Å². The van der Waals surface area contributed by atoms with Crippen LogP contribution in [-0.2, 0) is 17.8 Å². The predicted molar refractivity (Wildman–Crippen MR) is 112 cm³/mol. The Morgan fingerprint density at radius 1 is 1.31 bits per heavy atom. The number of piperidine rings is 1. The molecule has 1 atom stereocenters. The summed E-state index contributed by atoms with van der Waals surface area (Å²) in [5, 5.41) is 3.55. The van der Waals surface area contributed by atoms with Gasteiger partial charge in [0.25, 0.3) is 11.5 Å². The van der Waals surface area contributed by atoms with Crippen molar-refractivity contribution in [1.29, 1.82) is 0 Å². The van der Waals surface area contributed by atoms with E-state index in [0.29, 0.717) is 34.7 Å². The molecule has 0 aliphatic carbocycles. The van der Waals surface area contributed by atoms with Crippen LogP contribution >= 0.6 is 11.3 Å². The third kappa shape index (κ3) is 3.93. The van der Waals surface area contributed by atoms with E-state index >= 15 is 0 Å². The van der Waals surface area contributed by atoms with E-state index in [0.717, 1.165) is 56.6 Å². The Morgan fingerprint density at radius 3 is 2.93 bits per heavy atom. The molecule has 9 heteroatoms. The first-order valence-corrected chi connectivity index (χ1v) is 11.1. The van der Waals surface area contributed by atoms with Crippen molar-refractivity contribution in [3.8, 4) is 0 Å². The average Bonchev–Trinajstić information content (AvgIpc) is 3.30. The standard InChI is InChI=1S/C20H27N5O3S/c1-12-15-19(23-14-6-3-10-25(14)20(15)28)29-16(12)18(27)22-7-4-9-24-8-2-5-13(11-24)17(21)26/h13H,2-11H2,1H3,(H2,21,26)(H,22,27). The van der Waals surface area contributed by atoms with E-state index in [4.69, 9.17) is 5.73 Å². The van der Waals surface area contributed by atoms with Crippen LogP contribution < -0.4 is 16.6 Å². The number of nitrogens with zero attached hydrogens (tertiary/aromatic N) is 3. The second-order valence-electron chi connectivity index (χ2n) is 7.98. The molecule has 0 saturated carbocycles. The Kier molecular flexibility index (Phi) is 5.69. The first-order valence-electron chi connectivity index (χ1n) is 10.3. The average molecular weight is 418 g/mol. The SMILES string of the molecule is Cc1c(C(=O)NCCCN2CCCC(C(N)=O)C2)sc2nc3n(c(=O)c12)CCC3. The number of nitrogens with one attached hydrogen (secondary N) is 1. The summed E-state index contributed by atoms with van der Waals surface area (Å²) in [5.41, 5.74) is 6.13. The van der Waals surface area contributed by atoms with Crippen LogP contribution in [0.15, 0.2) is 4.79 Å². The first kappa shape index (κ1) is 20.0. The summed E-state index contributed by atoms with van der Waals surface area (Å²) in [6.45, 7) is 5.59.